The Kier molecular flexibility index (Phi) is 9.90. The molecular formula is C99H153N5O15. The van der Waals surface area contributed by atoms with E-state index in [4.69, 9.17) is 166 Å². The van der Waals surface area contributed by atoms with E-state index >= 15 is 0 Å². The quantitative estimate of drug-likeness (QED) is 0.0622. The van der Waals surface area contributed by atoms with Crippen molar-refractivity contribution in [3.8, 4) is 57.5 Å². The molecule has 0 spiro atoms. The number of aliphatic hydroxyl groups is 5. The van der Waals surface area contributed by atoms with Crippen LogP contribution in [0.25, 0.3) is 0 Å². The second-order valence-electron chi connectivity index (χ2n) is 28.5. The number of fused-ring (bicyclic) bond motifs is 15. The Bertz CT molecular complexity index is 8560. The maximum Gasteiger partial charge on any atom is 0.161 e. The molecule has 20 heteroatoms. The van der Waals surface area contributed by atoms with Gasteiger partial charge in [0.15, 0.2) is 57.5 Å². The van der Waals surface area contributed by atoms with Gasteiger partial charge in [0.1, 0.15) is 0 Å². The molecule has 0 radical (unpaired) electrons. The summed E-state index contributed by atoms with van der Waals surface area (Å²) >= 11 is 0. The van der Waals surface area contributed by atoms with Crippen molar-refractivity contribution in [2.45, 2.75) is 253 Å². The summed E-state index contributed by atoms with van der Waals surface area (Å²) in [5.74, 6) is -22.0. The first-order valence-corrected chi connectivity index (χ1v) is 35.8. The van der Waals surface area contributed by atoms with Gasteiger partial charge in [-0.2, -0.15) is 0 Å². The van der Waals surface area contributed by atoms with E-state index in [2.05, 4.69) is 4.74 Å². The Labute approximate surface area is 848 Å². The highest BCUT2D eigenvalue weighted by molar-refractivity contribution is 5.54. The normalized spacial score (nSPS) is 50.5. The van der Waals surface area contributed by atoms with Crippen molar-refractivity contribution in [2.24, 2.45) is 57.2 Å². The van der Waals surface area contributed by atoms with Crippen molar-refractivity contribution in [2.75, 3.05) is 136 Å². The third kappa shape index (κ3) is 22.8. The van der Waals surface area contributed by atoms with Gasteiger partial charge >= 0.3 is 0 Å². The lowest BCUT2D eigenvalue weighted by atomic mass is 9.75. The van der Waals surface area contributed by atoms with E-state index < -0.39 is 537 Å². The minimum absolute atomic E-state index is 0.0343. The third-order valence-electron chi connectivity index (χ3n) is 18.2. The predicted octanol–water partition coefficient (Wildman–Crippen LogP) is 16.7. The minimum atomic E-state index is -3.90. The van der Waals surface area contributed by atoms with E-state index in [9.17, 15) is 32.4 Å². The highest BCUT2D eigenvalue weighted by Gasteiger charge is 2.46. The van der Waals surface area contributed by atoms with Gasteiger partial charge in [-0.3, -0.25) is 24.5 Å². The van der Waals surface area contributed by atoms with Crippen LogP contribution in [0.4, 0.5) is 0 Å². The molecule has 664 valence electrons. The molecule has 5 aromatic rings. The van der Waals surface area contributed by atoms with Crippen molar-refractivity contribution in [3.63, 3.8) is 0 Å². The second kappa shape index (κ2) is 39.7. The summed E-state index contributed by atoms with van der Waals surface area (Å²) in [5.41, 5.74) is -23.6. The maximum absolute atomic E-state index is 11.3. The molecular weight excluding hydrogens is 1500 g/mol. The molecule has 5 N–H and O–H groups in total. The van der Waals surface area contributed by atoms with Crippen LogP contribution < -0.4 is 47.4 Å². The van der Waals surface area contributed by atoms with Gasteiger partial charge in [-0.25, -0.2) is 0 Å². The third-order valence-corrected chi connectivity index (χ3v) is 18.2. The smallest absolute Gasteiger partial charge is 0.161 e. The number of piperidine rings is 5. The molecule has 119 heavy (non-hydrogen) atoms. The topological polar surface area (TPSA) is 210 Å². The number of methoxy groups -OCH3 is 10. The van der Waals surface area contributed by atoms with E-state index in [1.807, 2.05) is 0 Å². The van der Waals surface area contributed by atoms with Crippen molar-refractivity contribution >= 4 is 0 Å². The van der Waals surface area contributed by atoms with Gasteiger partial charge in [0.25, 0.3) is 0 Å². The number of ether oxygens (including phenoxy) is 10. The summed E-state index contributed by atoms with van der Waals surface area (Å²) in [7, 11) is -16.2. The van der Waals surface area contributed by atoms with E-state index in [0.29, 0.717) is 27.7 Å². The molecule has 10 heterocycles. The lowest BCUT2D eigenvalue weighted by Gasteiger charge is -2.47. The van der Waals surface area contributed by atoms with Crippen LogP contribution >= 0.6 is 0 Å². The van der Waals surface area contributed by atoms with Crippen LogP contribution in [0.3, 0.4) is 0 Å². The fraction of sp³-hybridized carbons (Fsp3) is 0.697. The second-order valence-corrected chi connectivity index (χ2v) is 28.5. The molecule has 5 fully saturated rings. The molecule has 5 saturated heterocycles. The number of nitrogens with zero attached hydrogens (tertiary/aromatic N) is 5. The molecule has 10 aliphatic rings. The van der Waals surface area contributed by atoms with Crippen molar-refractivity contribution in [3.05, 3.63) is 116 Å². The van der Waals surface area contributed by atoms with Gasteiger partial charge in [0, 0.05) is 180 Å². The lowest BCUT2D eigenvalue weighted by molar-refractivity contribution is -0.0259. The van der Waals surface area contributed by atoms with Crippen LogP contribution in [-0.4, -0.2) is 216 Å². The number of aliphatic hydroxyl groups excluding tert-OH is 5. The number of hydrogen-bond acceptors (Lipinski definition) is 20. The first-order valence-electron chi connectivity index (χ1n) is 83.3. The fourth-order valence-corrected chi connectivity index (χ4v) is 13.1. The van der Waals surface area contributed by atoms with E-state index in [0.717, 1.165) is 28.4 Å². The zero-order valence-corrected chi connectivity index (χ0v) is 65.1. The van der Waals surface area contributed by atoms with Gasteiger partial charge in [-0.1, -0.05) is 96.4 Å². The summed E-state index contributed by atoms with van der Waals surface area (Å²) in [4.78, 5) is -0.299. The first kappa shape index (κ1) is 29.7. The SMILES string of the molecule is [2H]c1c(OC([2H])([2H])[2H])c(OC([2H])([2H])[2H])c([2H])c2c1C1([2H])CC(O)C(C([2H])([2H])C(C)(C([2H])([2H])[2H])C([2H])([2H])[2H])C([2H])([2H])N1C([2H])([2H])C2([2H])[2H].[2H]c1c(OC([2H])([2H])[2H])c(OC([2H])([2H])[2H])c([2H])c2c1C1([2H])CC(O)C(CC(C)C)C([2H])([2H])N1C([2H])([2H])C2([2H])[2H].[2H]c1c(OC([2H])([2H])[2H])c(OC)c([2H])c2c1C1([2H])CC(O)C(C([2H])([2H])C(C)(C([2H])([2H])[2H])C([2H])([2H])[2H])C([2H])([2H])N1C([2H])([2H])C2([2H])[2H].[2H]c1c(OC)c(OC([2H])([2H])[2H])c([2H])c2c1C1([2H])CC(O)C(C([2H])([2H])C(C)(C([2H])([2H])[2H])C([2H])([2H])[2H])C([2H])([2H])N1C([2H])([2H])C2([2H])[2H].[2H]c1c(OC)c(OC)c([2H])c2c1C1([2H])CC(O)C(C([2H])([2H])C(C)(C([2H])([2H])[2H])C([2H])([2H])[2H])C([2H])([2H])N1C([2H])([2H])C2([2H])[2H]. The van der Waals surface area contributed by atoms with Crippen molar-refractivity contribution in [1.29, 1.82) is 0 Å². The minimum Gasteiger partial charge on any atom is -0.493 e. The Morgan fingerprint density at radius 3 is 0.714 bits per heavy atom. The number of rotatable bonds is 16. The van der Waals surface area contributed by atoms with Gasteiger partial charge in [0.05, 0.1) is 146 Å². The van der Waals surface area contributed by atoms with Crippen LogP contribution in [0.1, 0.15) is 376 Å². The summed E-state index contributed by atoms with van der Waals surface area (Å²) < 4.78 is 838. The van der Waals surface area contributed by atoms with E-state index in [1.165, 1.54) is 0 Å². The van der Waals surface area contributed by atoms with Gasteiger partial charge in [-0.15, -0.1) is 0 Å². The van der Waals surface area contributed by atoms with Gasteiger partial charge in [0.2, 0.25) is 0 Å². The molecule has 15 rings (SSSR count). The van der Waals surface area contributed by atoms with Crippen LogP contribution in [-0.2, 0) is 31.9 Å². The Hall–Kier alpha value is -6.30. The average Bonchev–Trinajstić information content (AvgIpc) is 0.652. The largest absolute Gasteiger partial charge is 0.493 e. The first-order chi connectivity index (χ1) is 93.7. The zero-order chi connectivity index (χ0) is 169. The molecule has 5 aromatic carbocycles. The van der Waals surface area contributed by atoms with Gasteiger partial charge < -0.3 is 72.9 Å². The number of hydrogen-bond donors (Lipinski definition) is 5. The molecule has 0 amide bonds. The van der Waals surface area contributed by atoms with E-state index in [-0.39, 0.29) is 36.8 Å². The predicted molar refractivity (Wildman–Crippen MR) is 474 cm³/mol. The van der Waals surface area contributed by atoms with E-state index in [1.54, 1.807) is 13.8 Å². The monoisotopic (exact) mass is 1750 g/mol. The highest BCUT2D eigenvalue weighted by Crippen LogP contribution is 2.52. The van der Waals surface area contributed by atoms with Crippen LogP contribution in [0.2, 0.25) is 0 Å². The molecule has 0 bridgehead atoms. The molecule has 0 aliphatic carbocycles. The Morgan fingerprint density at radius 1 is 0.336 bits per heavy atom. The Morgan fingerprint density at radius 2 is 0.521 bits per heavy atom. The zero-order valence-electron chi connectivity index (χ0n) is 160. The molecule has 15 atom stereocenters. The Balaban J connectivity index is 0.000000245. The standard InChI is InChI=1S/4C20H31NO3.C19H29NO3/c4*1-20(2,3)11-14-12-21-7-6-13-8-18(23-4)19(24-5)9-15(13)16(21)10-17(14)22;1-12(2)7-14-11-20-6-5-13-8-18(22-3)19(23-4)9-15(13)16(20)10-17(14)21/h4*8-9,14,16-17,22H,6-7,10-12H2,1-5H3;8-9,12,14,16-17,21H,5-7,10-11H2,1-4H3/i1D3,2D3,4D3,5D3,6D2,7D2,8D,9D,11D2,12D2,16D;1D3,2D3,5D3,6D2,7D2,8D,9D,11D2,12D2,16D;1D3,2D3,4D3,6D2,7D2,8D,9D,11D2,12D2,16D;1D3,2D3,6D2,7D2,8D,9D,11D2,12D2,16D;3D3,4D3,5D2,6D2,8D,9D,11D2,16D. The fourth-order valence-electron chi connectivity index (χ4n) is 13.1. The molecule has 15 unspecified atom stereocenters. The molecule has 10 aliphatic heterocycles. The maximum atomic E-state index is 11.3. The van der Waals surface area contributed by atoms with Gasteiger partial charge in [-0.05, 0) is 269 Å². The highest BCUT2D eigenvalue weighted by atomic mass is 16.5. The summed E-state index contributed by atoms with van der Waals surface area (Å²) in [6, 6.07) is -26.1. The summed E-state index contributed by atoms with van der Waals surface area (Å²) in [5, 5.41) is 56.2. The molecule has 0 aromatic heterocycles. The molecule has 20 nitrogen and oxygen atoms in total. The van der Waals surface area contributed by atoms with Crippen molar-refractivity contribution < 1.29 is 203 Å². The van der Waals surface area contributed by atoms with Crippen LogP contribution in [0.15, 0.2) is 60.4 Å². The van der Waals surface area contributed by atoms with Crippen LogP contribution in [0.5, 0.6) is 57.5 Å². The lowest BCUT2D eigenvalue weighted by Crippen LogP contribution is -2.48. The van der Waals surface area contributed by atoms with Crippen molar-refractivity contribution in [1.82, 2.24) is 24.5 Å². The van der Waals surface area contributed by atoms with Crippen LogP contribution in [0, 0.1) is 57.2 Å². The molecule has 0 saturated carbocycles. The number of benzene rings is 5. The summed E-state index contributed by atoms with van der Waals surface area (Å²) in [6.07, 6.45) is -49.7. The summed E-state index contributed by atoms with van der Waals surface area (Å²) in [6.45, 7) is -60.1. The average molecular weight is 1750 g/mol.